The van der Waals surface area contributed by atoms with Gasteiger partial charge in [0.15, 0.2) is 11.6 Å². The molecule has 26 heavy (non-hydrogen) atoms. The van der Waals surface area contributed by atoms with E-state index in [-0.39, 0.29) is 29.0 Å². The van der Waals surface area contributed by atoms with Crippen molar-refractivity contribution in [2.75, 3.05) is 12.4 Å². The van der Waals surface area contributed by atoms with Crippen LogP contribution in [0.1, 0.15) is 18.4 Å². The molecule has 2 N–H and O–H groups in total. The summed E-state index contributed by atoms with van der Waals surface area (Å²) in [6.45, 7) is 0. The number of methoxy groups -OCH3 is 1. The van der Waals surface area contributed by atoms with Gasteiger partial charge in [0.1, 0.15) is 0 Å². The standard InChI is InChI=1S/C18H19FN2O4S/c1-25-17-8-5-12(9-16(17)19)10-18(22)20-14-3-2-4-15(11-14)26(23,24)21-13-6-7-13/h2-5,8-9,11,13,21H,6-7,10H2,1H3,(H,20,22). The zero-order valence-electron chi connectivity index (χ0n) is 14.2. The average molecular weight is 378 g/mol. The Balaban J connectivity index is 1.67. The van der Waals surface area contributed by atoms with Gasteiger partial charge in [0.25, 0.3) is 0 Å². The predicted octanol–water partition coefficient (Wildman–Crippen LogP) is 2.46. The van der Waals surface area contributed by atoms with E-state index in [9.17, 15) is 17.6 Å². The van der Waals surface area contributed by atoms with E-state index in [1.54, 1.807) is 18.2 Å². The fourth-order valence-electron chi connectivity index (χ4n) is 2.44. The number of ether oxygens (including phenoxy) is 1. The van der Waals surface area contributed by atoms with Crippen LogP contribution in [0.5, 0.6) is 5.75 Å². The summed E-state index contributed by atoms with van der Waals surface area (Å²) < 4.78 is 45.6. The van der Waals surface area contributed by atoms with Crippen LogP contribution in [0.4, 0.5) is 10.1 Å². The van der Waals surface area contributed by atoms with Crippen molar-refractivity contribution < 1.29 is 22.3 Å². The van der Waals surface area contributed by atoms with E-state index >= 15 is 0 Å². The van der Waals surface area contributed by atoms with Gasteiger partial charge in [-0.3, -0.25) is 4.79 Å². The molecule has 1 fully saturated rings. The Kier molecular flexibility index (Phi) is 5.24. The first kappa shape index (κ1) is 18.3. The van der Waals surface area contributed by atoms with Gasteiger partial charge in [-0.15, -0.1) is 0 Å². The van der Waals surface area contributed by atoms with Crippen molar-refractivity contribution in [3.8, 4) is 5.75 Å². The van der Waals surface area contributed by atoms with Crippen molar-refractivity contribution in [1.82, 2.24) is 4.72 Å². The molecule has 0 bridgehead atoms. The number of rotatable bonds is 7. The third-order valence-electron chi connectivity index (χ3n) is 3.91. The van der Waals surface area contributed by atoms with Crippen LogP contribution in [0, 0.1) is 5.82 Å². The van der Waals surface area contributed by atoms with Gasteiger partial charge < -0.3 is 10.1 Å². The van der Waals surface area contributed by atoms with E-state index < -0.39 is 15.8 Å². The van der Waals surface area contributed by atoms with Gasteiger partial charge in [0.2, 0.25) is 15.9 Å². The number of carbonyl (C=O) groups is 1. The summed E-state index contributed by atoms with van der Waals surface area (Å²) in [5.41, 5.74) is 0.850. The number of hydrogen-bond donors (Lipinski definition) is 2. The van der Waals surface area contributed by atoms with Gasteiger partial charge in [-0.05, 0) is 48.7 Å². The van der Waals surface area contributed by atoms with Crippen LogP contribution in [-0.2, 0) is 21.2 Å². The topological polar surface area (TPSA) is 84.5 Å². The van der Waals surface area contributed by atoms with E-state index in [4.69, 9.17) is 4.74 Å². The minimum Gasteiger partial charge on any atom is -0.494 e. The lowest BCUT2D eigenvalue weighted by Crippen LogP contribution is -2.25. The molecule has 2 aromatic rings. The number of anilines is 1. The number of carbonyl (C=O) groups excluding carboxylic acids is 1. The second-order valence-electron chi connectivity index (χ2n) is 6.12. The van der Waals surface area contributed by atoms with Crippen molar-refractivity contribution in [1.29, 1.82) is 0 Å². The van der Waals surface area contributed by atoms with Gasteiger partial charge in [-0.25, -0.2) is 17.5 Å². The molecule has 0 radical (unpaired) electrons. The van der Waals surface area contributed by atoms with Crippen LogP contribution in [-0.4, -0.2) is 27.5 Å². The highest BCUT2D eigenvalue weighted by Crippen LogP contribution is 2.23. The van der Waals surface area contributed by atoms with E-state index in [0.29, 0.717) is 11.3 Å². The molecule has 0 aromatic heterocycles. The highest BCUT2D eigenvalue weighted by molar-refractivity contribution is 7.89. The summed E-state index contributed by atoms with van der Waals surface area (Å²) in [5, 5.41) is 2.64. The lowest BCUT2D eigenvalue weighted by atomic mass is 10.1. The maximum atomic E-state index is 13.7. The van der Waals surface area contributed by atoms with Crippen LogP contribution in [0.25, 0.3) is 0 Å². The normalized spacial score (nSPS) is 14.1. The van der Waals surface area contributed by atoms with Crippen LogP contribution >= 0.6 is 0 Å². The smallest absolute Gasteiger partial charge is 0.240 e. The lowest BCUT2D eigenvalue weighted by molar-refractivity contribution is -0.115. The molecule has 8 heteroatoms. The van der Waals surface area contributed by atoms with Crippen molar-refractivity contribution in [3.05, 3.63) is 53.8 Å². The summed E-state index contributed by atoms with van der Waals surface area (Å²) in [7, 11) is -2.23. The Labute approximate surface area is 151 Å². The zero-order valence-corrected chi connectivity index (χ0v) is 15.0. The molecule has 6 nitrogen and oxygen atoms in total. The van der Waals surface area contributed by atoms with Gasteiger partial charge >= 0.3 is 0 Å². The minimum absolute atomic E-state index is 0.00298. The SMILES string of the molecule is COc1ccc(CC(=O)Nc2cccc(S(=O)(=O)NC3CC3)c2)cc1F. The van der Waals surface area contributed by atoms with Crippen LogP contribution in [0.3, 0.4) is 0 Å². The summed E-state index contributed by atoms with van der Waals surface area (Å²) in [6.07, 6.45) is 1.64. The van der Waals surface area contributed by atoms with Crippen LogP contribution < -0.4 is 14.8 Å². The molecule has 1 saturated carbocycles. The summed E-state index contributed by atoms with van der Waals surface area (Å²) in [4.78, 5) is 12.3. The van der Waals surface area contributed by atoms with E-state index in [2.05, 4.69) is 10.0 Å². The molecular weight excluding hydrogens is 359 g/mol. The van der Waals surface area contributed by atoms with Crippen LogP contribution in [0.2, 0.25) is 0 Å². The first-order chi connectivity index (χ1) is 12.4. The number of benzene rings is 2. The average Bonchev–Trinajstić information content (AvgIpc) is 3.38. The number of sulfonamides is 1. The molecule has 1 aliphatic rings. The van der Waals surface area contributed by atoms with E-state index in [0.717, 1.165) is 12.8 Å². The quantitative estimate of drug-likeness (QED) is 0.775. The Hall–Kier alpha value is -2.45. The third kappa shape index (κ3) is 4.59. The fraction of sp³-hybridized carbons (Fsp3) is 0.278. The van der Waals surface area contributed by atoms with E-state index in [1.807, 2.05) is 0 Å². The molecule has 0 atom stereocenters. The number of nitrogens with one attached hydrogen (secondary N) is 2. The van der Waals surface area contributed by atoms with Gasteiger partial charge in [0, 0.05) is 11.7 Å². The monoisotopic (exact) mass is 378 g/mol. The Morgan fingerprint density at radius 1 is 1.23 bits per heavy atom. The largest absolute Gasteiger partial charge is 0.494 e. The van der Waals surface area contributed by atoms with Crippen molar-refractivity contribution in [2.45, 2.75) is 30.2 Å². The molecule has 0 aliphatic heterocycles. The summed E-state index contributed by atoms with van der Waals surface area (Å²) in [6, 6.07) is 10.3. The predicted molar refractivity (Wildman–Crippen MR) is 95.1 cm³/mol. The molecule has 0 heterocycles. The maximum absolute atomic E-state index is 13.7. The second kappa shape index (κ2) is 7.43. The number of hydrogen-bond acceptors (Lipinski definition) is 4. The molecular formula is C18H19FN2O4S. The molecule has 0 unspecified atom stereocenters. The number of amides is 1. The fourth-order valence-corrected chi connectivity index (χ4v) is 3.79. The van der Waals surface area contributed by atoms with E-state index in [1.165, 1.54) is 31.4 Å². The molecule has 2 aromatic carbocycles. The van der Waals surface area contributed by atoms with Gasteiger partial charge in [-0.1, -0.05) is 12.1 Å². The first-order valence-electron chi connectivity index (χ1n) is 8.12. The Morgan fingerprint density at radius 3 is 2.65 bits per heavy atom. The van der Waals surface area contributed by atoms with Crippen LogP contribution in [0.15, 0.2) is 47.4 Å². The highest BCUT2D eigenvalue weighted by Gasteiger charge is 2.28. The zero-order chi connectivity index (χ0) is 18.7. The molecule has 0 saturated heterocycles. The van der Waals surface area contributed by atoms with Gasteiger partial charge in [0.05, 0.1) is 18.4 Å². The Morgan fingerprint density at radius 2 is 2.00 bits per heavy atom. The van der Waals surface area contributed by atoms with Gasteiger partial charge in [-0.2, -0.15) is 0 Å². The van der Waals surface area contributed by atoms with Crippen molar-refractivity contribution in [2.24, 2.45) is 0 Å². The summed E-state index contributed by atoms with van der Waals surface area (Å²) in [5.74, 6) is -0.813. The minimum atomic E-state index is -3.59. The van der Waals surface area contributed by atoms with Crippen molar-refractivity contribution in [3.63, 3.8) is 0 Å². The summed E-state index contributed by atoms with van der Waals surface area (Å²) >= 11 is 0. The second-order valence-corrected chi connectivity index (χ2v) is 7.83. The molecule has 0 spiro atoms. The lowest BCUT2D eigenvalue weighted by Gasteiger charge is -2.09. The highest BCUT2D eigenvalue weighted by atomic mass is 32.2. The molecule has 3 rings (SSSR count). The molecule has 138 valence electrons. The van der Waals surface area contributed by atoms with Crippen molar-refractivity contribution >= 4 is 21.6 Å². The first-order valence-corrected chi connectivity index (χ1v) is 9.60. The number of halogens is 1. The molecule has 1 amide bonds. The molecule has 1 aliphatic carbocycles. The Bertz CT molecular complexity index is 927. The third-order valence-corrected chi connectivity index (χ3v) is 5.43. The maximum Gasteiger partial charge on any atom is 0.240 e.